The van der Waals surface area contributed by atoms with Crippen molar-refractivity contribution in [3.05, 3.63) is 0 Å². The Bertz CT molecular complexity index is 411. The number of carboxylic acid groups (broad SMARTS) is 1. The number of carboxylic acids is 1. The fourth-order valence-electron chi connectivity index (χ4n) is 2.31. The first-order valence-corrected chi connectivity index (χ1v) is 9.75. The topological polar surface area (TPSA) is 116 Å². The number of thioether (sulfide) groups is 1. The molecular weight excluding hydrogens is 382 g/mol. The van der Waals surface area contributed by atoms with Crippen LogP contribution in [0.4, 0.5) is 0 Å². The molecule has 0 aromatic rings. The van der Waals surface area contributed by atoms with Crippen LogP contribution in [-0.2, 0) is 23.9 Å². The molecule has 0 aliphatic rings. The van der Waals surface area contributed by atoms with E-state index in [2.05, 4.69) is 9.47 Å². The maximum atomic E-state index is 11.2. The predicted molar refractivity (Wildman–Crippen MR) is 105 cm³/mol. The second-order valence-electron chi connectivity index (χ2n) is 5.99. The molecule has 9 heteroatoms. The van der Waals surface area contributed by atoms with Gasteiger partial charge >= 0.3 is 17.9 Å². The van der Waals surface area contributed by atoms with Gasteiger partial charge in [0, 0.05) is 11.8 Å². The van der Waals surface area contributed by atoms with Crippen molar-refractivity contribution >= 4 is 42.1 Å². The number of carbonyl (C=O) groups is 3. The molecule has 0 rings (SSSR count). The number of aliphatic carboxylic acids is 1. The number of hydrogen-bond acceptors (Lipinski definition) is 7. The first kappa shape index (κ1) is 27.2. The van der Waals surface area contributed by atoms with Gasteiger partial charge in [-0.25, -0.2) is 0 Å². The van der Waals surface area contributed by atoms with Crippen LogP contribution in [0.15, 0.2) is 0 Å². The van der Waals surface area contributed by atoms with E-state index in [0.29, 0.717) is 6.42 Å². The number of rotatable bonds is 15. The zero-order chi connectivity index (χ0) is 19.1. The first-order valence-electron chi connectivity index (χ1n) is 8.60. The number of methoxy groups -OCH3 is 2. The van der Waals surface area contributed by atoms with Gasteiger partial charge in [0.25, 0.3) is 0 Å². The lowest BCUT2D eigenvalue weighted by Gasteiger charge is -2.11. The largest absolute Gasteiger partial charge is 0.481 e. The van der Waals surface area contributed by atoms with Gasteiger partial charge in [-0.3, -0.25) is 14.4 Å². The third-order valence-corrected chi connectivity index (χ3v) is 5.06. The lowest BCUT2D eigenvalue weighted by Crippen LogP contribution is -2.27. The van der Waals surface area contributed by atoms with Gasteiger partial charge in [0.05, 0.1) is 33.0 Å². The van der Waals surface area contributed by atoms with Gasteiger partial charge in [-0.15, -0.1) is 12.4 Å². The SMILES string of the molecule is COC(=O)CC(CCCCCCCSC[C@H](N)CC(=O)OC)C(=O)O.Cl. The fourth-order valence-corrected chi connectivity index (χ4v) is 3.31. The van der Waals surface area contributed by atoms with Gasteiger partial charge in [0.1, 0.15) is 0 Å². The molecule has 0 fully saturated rings. The number of esters is 2. The van der Waals surface area contributed by atoms with Crippen LogP contribution < -0.4 is 5.73 Å². The highest BCUT2D eigenvalue weighted by atomic mass is 35.5. The minimum atomic E-state index is -0.940. The number of ether oxygens (including phenoxy) is 2. The smallest absolute Gasteiger partial charge is 0.307 e. The van der Waals surface area contributed by atoms with Gasteiger partial charge in [0.2, 0.25) is 0 Å². The molecule has 0 amide bonds. The Morgan fingerprint density at radius 1 is 0.962 bits per heavy atom. The summed E-state index contributed by atoms with van der Waals surface area (Å²) in [4.78, 5) is 33.3. The van der Waals surface area contributed by atoms with Gasteiger partial charge in [-0.05, 0) is 18.6 Å². The zero-order valence-corrected chi connectivity index (χ0v) is 17.2. The molecular formula is C17H32ClNO6S. The maximum Gasteiger partial charge on any atom is 0.307 e. The van der Waals surface area contributed by atoms with E-state index >= 15 is 0 Å². The van der Waals surface area contributed by atoms with E-state index in [1.165, 1.54) is 14.2 Å². The van der Waals surface area contributed by atoms with Crippen LogP contribution in [0.1, 0.15) is 51.4 Å². The Kier molecular flexibility index (Phi) is 18.3. The van der Waals surface area contributed by atoms with Crippen molar-refractivity contribution in [2.45, 2.75) is 57.4 Å². The van der Waals surface area contributed by atoms with E-state index in [9.17, 15) is 14.4 Å². The van der Waals surface area contributed by atoms with Crippen molar-refractivity contribution in [3.8, 4) is 0 Å². The summed E-state index contributed by atoms with van der Waals surface area (Å²) in [5, 5.41) is 9.08. The maximum absolute atomic E-state index is 11.2. The minimum absolute atomic E-state index is 0. The summed E-state index contributed by atoms with van der Waals surface area (Å²) in [5.74, 6) is -0.614. The molecule has 0 spiro atoms. The first-order chi connectivity index (χ1) is 11.9. The third kappa shape index (κ3) is 15.3. The molecule has 0 bridgehead atoms. The molecule has 26 heavy (non-hydrogen) atoms. The summed E-state index contributed by atoms with van der Waals surface area (Å²) in [5.41, 5.74) is 5.83. The Morgan fingerprint density at radius 2 is 1.50 bits per heavy atom. The average Bonchev–Trinajstić information content (AvgIpc) is 2.58. The highest BCUT2D eigenvalue weighted by Gasteiger charge is 2.21. The normalized spacial score (nSPS) is 12.6. The van der Waals surface area contributed by atoms with Crippen LogP contribution in [0, 0.1) is 5.92 Å². The third-order valence-electron chi connectivity index (χ3n) is 3.82. The summed E-state index contributed by atoms with van der Waals surface area (Å²) in [7, 11) is 2.62. The highest BCUT2D eigenvalue weighted by molar-refractivity contribution is 7.99. The average molecular weight is 414 g/mol. The molecule has 7 nitrogen and oxygen atoms in total. The van der Waals surface area contributed by atoms with E-state index in [0.717, 1.165) is 43.6 Å². The van der Waals surface area contributed by atoms with Gasteiger partial charge < -0.3 is 20.3 Å². The number of hydrogen-bond donors (Lipinski definition) is 2. The van der Waals surface area contributed by atoms with E-state index in [4.69, 9.17) is 10.8 Å². The van der Waals surface area contributed by atoms with Crippen molar-refractivity contribution in [1.29, 1.82) is 0 Å². The molecule has 2 atom stereocenters. The molecule has 0 saturated carbocycles. The predicted octanol–water partition coefficient (Wildman–Crippen LogP) is 2.64. The van der Waals surface area contributed by atoms with Gasteiger partial charge in [-0.2, -0.15) is 11.8 Å². The summed E-state index contributed by atoms with van der Waals surface area (Å²) in [6, 6.07) is -0.166. The van der Waals surface area contributed by atoms with Crippen LogP contribution in [0.25, 0.3) is 0 Å². The molecule has 1 unspecified atom stereocenters. The molecule has 154 valence electrons. The Hall–Kier alpha value is -0.990. The van der Waals surface area contributed by atoms with Crippen LogP contribution in [0.3, 0.4) is 0 Å². The number of nitrogens with two attached hydrogens (primary N) is 1. The summed E-state index contributed by atoms with van der Waals surface area (Å²) >= 11 is 1.73. The van der Waals surface area contributed by atoms with Crippen molar-refractivity contribution in [2.75, 3.05) is 25.7 Å². The quantitative estimate of drug-likeness (QED) is 0.311. The summed E-state index contributed by atoms with van der Waals surface area (Å²) < 4.78 is 9.09. The number of carbonyl (C=O) groups excluding carboxylic acids is 2. The second kappa shape index (κ2) is 17.4. The zero-order valence-electron chi connectivity index (χ0n) is 15.6. The van der Waals surface area contributed by atoms with Crippen molar-refractivity contribution in [2.24, 2.45) is 11.7 Å². The van der Waals surface area contributed by atoms with Crippen LogP contribution in [-0.4, -0.2) is 54.8 Å². The van der Waals surface area contributed by atoms with Crippen molar-refractivity contribution in [3.63, 3.8) is 0 Å². The van der Waals surface area contributed by atoms with Gasteiger partial charge in [0.15, 0.2) is 0 Å². The lowest BCUT2D eigenvalue weighted by atomic mass is 9.97. The standard InChI is InChI=1S/C17H31NO6S.ClH/c1-23-15(19)10-13(17(21)22)8-6-4-3-5-7-9-25-12-14(18)11-16(20)24-2;/h13-14H,3-12,18H2,1-2H3,(H,21,22);1H/t13?,14-;/m1./s1. The van der Waals surface area contributed by atoms with Crippen LogP contribution in [0.2, 0.25) is 0 Å². The Morgan fingerprint density at radius 3 is 2.08 bits per heavy atom. The molecule has 0 aliphatic heterocycles. The monoisotopic (exact) mass is 413 g/mol. The van der Waals surface area contributed by atoms with Crippen molar-refractivity contribution in [1.82, 2.24) is 0 Å². The lowest BCUT2D eigenvalue weighted by molar-refractivity contribution is -0.150. The molecule has 3 N–H and O–H groups in total. The Labute approximate surface area is 166 Å². The second-order valence-corrected chi connectivity index (χ2v) is 7.14. The van der Waals surface area contributed by atoms with E-state index < -0.39 is 17.9 Å². The molecule has 0 aromatic carbocycles. The van der Waals surface area contributed by atoms with Crippen LogP contribution in [0.5, 0.6) is 0 Å². The van der Waals surface area contributed by atoms with Gasteiger partial charge in [-0.1, -0.05) is 25.7 Å². The molecule has 0 aromatic heterocycles. The molecule has 0 saturated heterocycles. The van der Waals surface area contributed by atoms with E-state index in [1.807, 2.05) is 0 Å². The molecule has 0 radical (unpaired) electrons. The van der Waals surface area contributed by atoms with E-state index in [-0.39, 0.29) is 37.3 Å². The molecule has 0 heterocycles. The molecule has 0 aliphatic carbocycles. The van der Waals surface area contributed by atoms with E-state index in [1.54, 1.807) is 11.8 Å². The number of halogens is 1. The fraction of sp³-hybridized carbons (Fsp3) is 0.824. The summed E-state index contributed by atoms with van der Waals surface area (Å²) in [6.45, 7) is 0. The summed E-state index contributed by atoms with van der Waals surface area (Å²) in [6.07, 6.45) is 5.63. The highest BCUT2D eigenvalue weighted by Crippen LogP contribution is 2.17. The van der Waals surface area contributed by atoms with Crippen molar-refractivity contribution < 1.29 is 29.0 Å². The minimum Gasteiger partial charge on any atom is -0.481 e. The Balaban J connectivity index is 0. The number of unbranched alkanes of at least 4 members (excludes halogenated alkanes) is 4. The van der Waals surface area contributed by atoms with Crippen LogP contribution >= 0.6 is 24.2 Å².